The van der Waals surface area contributed by atoms with Crippen molar-refractivity contribution in [3.8, 4) is 0 Å². The predicted molar refractivity (Wildman–Crippen MR) is 92.2 cm³/mol. The van der Waals surface area contributed by atoms with Gasteiger partial charge in [0.15, 0.2) is 0 Å². The first-order valence-corrected chi connectivity index (χ1v) is 7.82. The highest BCUT2D eigenvalue weighted by atomic mass is 16.5. The summed E-state index contributed by atoms with van der Waals surface area (Å²) in [6, 6.07) is 7.58. The highest BCUT2D eigenvalue weighted by Crippen LogP contribution is 2.10. The molecule has 0 saturated heterocycles. The van der Waals surface area contributed by atoms with E-state index in [1.165, 1.54) is 18.4 Å². The van der Waals surface area contributed by atoms with Crippen molar-refractivity contribution < 1.29 is 9.53 Å². The summed E-state index contributed by atoms with van der Waals surface area (Å²) in [5.41, 5.74) is 2.00. The summed E-state index contributed by atoms with van der Waals surface area (Å²) in [7, 11) is 1.75. The number of urea groups is 1. The fraction of sp³-hybridized carbons (Fsp3) is 0.500. The number of benzene rings is 1. The molecule has 1 aliphatic carbocycles. The van der Waals surface area contributed by atoms with Crippen LogP contribution in [0.2, 0.25) is 0 Å². The molecule has 1 aromatic carbocycles. The third kappa shape index (κ3) is 7.84. The Morgan fingerprint density at radius 1 is 1.32 bits per heavy atom. The third-order valence-electron chi connectivity index (χ3n) is 3.25. The van der Waals surface area contributed by atoms with E-state index in [-0.39, 0.29) is 6.03 Å². The van der Waals surface area contributed by atoms with Crippen molar-refractivity contribution in [1.29, 1.82) is 0 Å². The molecule has 0 aliphatic heterocycles. The van der Waals surface area contributed by atoms with E-state index in [1.807, 2.05) is 31.2 Å². The zero-order chi connectivity index (χ0) is 16.4. The molecule has 22 heavy (non-hydrogen) atoms. The summed E-state index contributed by atoms with van der Waals surface area (Å²) in [4.78, 5) is 11.4. The number of nitrogens with one attached hydrogen (secondary N) is 2. The summed E-state index contributed by atoms with van der Waals surface area (Å²) >= 11 is 0. The lowest BCUT2D eigenvalue weighted by Gasteiger charge is -2.09. The second-order valence-electron chi connectivity index (χ2n) is 5.87. The average molecular weight is 304 g/mol. The number of amides is 2. The van der Waals surface area contributed by atoms with Gasteiger partial charge in [0.25, 0.3) is 0 Å². The van der Waals surface area contributed by atoms with Crippen LogP contribution in [0.3, 0.4) is 0 Å². The summed E-state index contributed by atoms with van der Waals surface area (Å²) < 4.78 is 5.02. The first-order chi connectivity index (χ1) is 10.5. The molecule has 0 spiro atoms. The van der Waals surface area contributed by atoms with E-state index in [2.05, 4.69) is 36.6 Å². The Balaban J connectivity index is 0.000000287. The minimum absolute atomic E-state index is 0.146. The van der Waals surface area contributed by atoms with Crippen molar-refractivity contribution in [3.05, 3.63) is 42.0 Å². The minimum Gasteiger partial charge on any atom is -0.377 e. The lowest BCUT2D eigenvalue weighted by molar-refractivity contribution is 0.141. The summed E-state index contributed by atoms with van der Waals surface area (Å²) in [6.45, 7) is 6.83. The summed E-state index contributed by atoms with van der Waals surface area (Å²) in [6.07, 6.45) is 7.06. The van der Waals surface area contributed by atoms with Crippen LogP contribution in [-0.4, -0.2) is 25.8 Å². The number of ether oxygens (including phenoxy) is 1. The number of methoxy groups -OCH3 is 1. The van der Waals surface area contributed by atoms with Gasteiger partial charge in [-0.1, -0.05) is 43.7 Å². The predicted octanol–water partition coefficient (Wildman–Crippen LogP) is 4.12. The van der Waals surface area contributed by atoms with Crippen molar-refractivity contribution in [1.82, 2.24) is 5.32 Å². The van der Waals surface area contributed by atoms with E-state index in [0.717, 1.165) is 5.69 Å². The molecule has 2 amide bonds. The number of rotatable bonds is 4. The lowest BCUT2D eigenvalue weighted by atomic mass is 10.2. The van der Waals surface area contributed by atoms with Crippen LogP contribution >= 0.6 is 0 Å². The van der Waals surface area contributed by atoms with Gasteiger partial charge in [-0.05, 0) is 37.8 Å². The van der Waals surface area contributed by atoms with Gasteiger partial charge in [-0.15, -0.1) is 0 Å². The van der Waals surface area contributed by atoms with E-state index in [0.29, 0.717) is 18.6 Å². The molecule has 0 bridgehead atoms. The number of hydrogen-bond donors (Lipinski definition) is 2. The van der Waals surface area contributed by atoms with Crippen LogP contribution in [-0.2, 0) is 4.74 Å². The Morgan fingerprint density at radius 2 is 2.00 bits per heavy atom. The van der Waals surface area contributed by atoms with Crippen molar-refractivity contribution in [3.63, 3.8) is 0 Å². The highest BCUT2D eigenvalue weighted by molar-refractivity contribution is 5.89. The molecule has 0 saturated carbocycles. The number of carbonyl (C=O) groups excluding carboxylic acids is 1. The van der Waals surface area contributed by atoms with Gasteiger partial charge in [-0.25, -0.2) is 4.79 Å². The monoisotopic (exact) mass is 304 g/mol. The lowest BCUT2D eigenvalue weighted by Crippen LogP contribution is -2.31. The fourth-order valence-corrected chi connectivity index (χ4v) is 1.91. The molecule has 1 atom stereocenters. The zero-order valence-corrected chi connectivity index (χ0v) is 14.1. The fourth-order valence-electron chi connectivity index (χ4n) is 1.91. The Bertz CT molecular complexity index is 466. The van der Waals surface area contributed by atoms with Gasteiger partial charge < -0.3 is 15.4 Å². The van der Waals surface area contributed by atoms with Gasteiger partial charge in [-0.2, -0.15) is 0 Å². The topological polar surface area (TPSA) is 50.4 Å². The van der Waals surface area contributed by atoms with E-state index >= 15 is 0 Å². The second kappa shape index (κ2) is 10.0. The molecule has 1 unspecified atom stereocenters. The molecule has 0 aromatic heterocycles. The van der Waals surface area contributed by atoms with E-state index in [1.54, 1.807) is 7.11 Å². The van der Waals surface area contributed by atoms with Gasteiger partial charge in [-0.3, -0.25) is 0 Å². The molecule has 122 valence electrons. The van der Waals surface area contributed by atoms with Crippen molar-refractivity contribution in [2.24, 2.45) is 5.92 Å². The first kappa shape index (κ1) is 18.2. The number of aryl methyl sites for hydroxylation is 1. The maximum atomic E-state index is 11.4. The van der Waals surface area contributed by atoms with Gasteiger partial charge in [0.1, 0.15) is 0 Å². The minimum atomic E-state index is -0.146. The number of hydrogen-bond acceptors (Lipinski definition) is 2. The largest absolute Gasteiger partial charge is 0.377 e. The van der Waals surface area contributed by atoms with Gasteiger partial charge in [0.2, 0.25) is 0 Å². The molecule has 0 heterocycles. The Kier molecular flexibility index (Phi) is 8.30. The van der Waals surface area contributed by atoms with Crippen LogP contribution in [0, 0.1) is 12.8 Å². The molecule has 0 radical (unpaired) electrons. The highest BCUT2D eigenvalue weighted by Gasteiger charge is 2.04. The van der Waals surface area contributed by atoms with E-state index in [4.69, 9.17) is 4.74 Å². The van der Waals surface area contributed by atoms with Gasteiger partial charge in [0.05, 0.1) is 6.10 Å². The van der Waals surface area contributed by atoms with Crippen LogP contribution in [0.15, 0.2) is 36.4 Å². The Hall–Kier alpha value is -1.81. The van der Waals surface area contributed by atoms with Crippen molar-refractivity contribution in [2.45, 2.75) is 39.7 Å². The summed E-state index contributed by atoms with van der Waals surface area (Å²) in [5, 5.41) is 5.57. The number of anilines is 1. The molecule has 1 aliphatic rings. The first-order valence-electron chi connectivity index (χ1n) is 7.82. The molecule has 4 heteroatoms. The van der Waals surface area contributed by atoms with Crippen LogP contribution in [0.4, 0.5) is 10.5 Å². The molecule has 2 rings (SSSR count). The molecule has 2 N–H and O–H groups in total. The molecule has 4 nitrogen and oxygen atoms in total. The van der Waals surface area contributed by atoms with Gasteiger partial charge >= 0.3 is 6.03 Å². The molecular weight excluding hydrogens is 276 g/mol. The SMILES string of the molecule is COC1C=CCC1.Cc1ccc(NC(=O)NCC(C)C)cc1. The molecule has 1 aromatic rings. The van der Waals surface area contributed by atoms with Crippen molar-refractivity contribution >= 4 is 11.7 Å². The second-order valence-corrected chi connectivity index (χ2v) is 5.87. The average Bonchev–Trinajstić information content (AvgIpc) is 3.02. The smallest absolute Gasteiger partial charge is 0.319 e. The third-order valence-corrected chi connectivity index (χ3v) is 3.25. The zero-order valence-electron chi connectivity index (χ0n) is 14.1. The summed E-state index contributed by atoms with van der Waals surface area (Å²) in [5.74, 6) is 0.466. The maximum absolute atomic E-state index is 11.4. The molecular formula is C18H28N2O2. The van der Waals surface area contributed by atoms with E-state index in [9.17, 15) is 4.79 Å². The standard InChI is InChI=1S/C12H18N2O.C6H10O/c1-9(2)8-13-12(15)14-11-6-4-10(3)5-7-11;1-7-6-4-2-3-5-6/h4-7,9H,8H2,1-3H3,(H2,13,14,15);2,4,6H,3,5H2,1H3. The van der Waals surface area contributed by atoms with Crippen LogP contribution in [0.1, 0.15) is 32.3 Å². The van der Waals surface area contributed by atoms with Crippen LogP contribution < -0.4 is 10.6 Å². The van der Waals surface area contributed by atoms with Crippen LogP contribution in [0.25, 0.3) is 0 Å². The normalized spacial score (nSPS) is 16.1. The Morgan fingerprint density at radius 3 is 2.45 bits per heavy atom. The quantitative estimate of drug-likeness (QED) is 0.822. The van der Waals surface area contributed by atoms with E-state index < -0.39 is 0 Å². The number of allylic oxidation sites excluding steroid dienone is 1. The number of carbonyl (C=O) groups is 1. The molecule has 0 fully saturated rings. The van der Waals surface area contributed by atoms with Crippen molar-refractivity contribution in [2.75, 3.05) is 19.0 Å². The van der Waals surface area contributed by atoms with Crippen LogP contribution in [0.5, 0.6) is 0 Å². The Labute approximate surface area is 133 Å². The van der Waals surface area contributed by atoms with Gasteiger partial charge in [0, 0.05) is 19.3 Å². The maximum Gasteiger partial charge on any atom is 0.319 e.